The average Bonchev–Trinajstić information content (AvgIpc) is 2.47. The van der Waals surface area contributed by atoms with Crippen molar-refractivity contribution < 1.29 is 4.57 Å². The predicted molar refractivity (Wildman–Crippen MR) is 81.2 cm³/mol. The molecule has 0 aliphatic rings. The van der Waals surface area contributed by atoms with Gasteiger partial charge in [-0.15, -0.1) is 0 Å². The molecular formula is C18H20N+. The lowest BCUT2D eigenvalue weighted by Gasteiger charge is -2.05. The van der Waals surface area contributed by atoms with Crippen LogP contribution in [0, 0.1) is 0 Å². The summed E-state index contributed by atoms with van der Waals surface area (Å²) in [5.74, 6) is 0. The molecule has 1 nitrogen and oxygen atoms in total. The van der Waals surface area contributed by atoms with Crippen LogP contribution in [-0.2, 0) is 6.54 Å². The van der Waals surface area contributed by atoms with Crippen molar-refractivity contribution in [2.24, 2.45) is 0 Å². The molecule has 0 saturated heterocycles. The fourth-order valence-electron chi connectivity index (χ4n) is 2.76. The Balaban J connectivity index is 2.18. The van der Waals surface area contributed by atoms with E-state index in [9.17, 15) is 0 Å². The highest BCUT2D eigenvalue weighted by atomic mass is 14.9. The summed E-state index contributed by atoms with van der Waals surface area (Å²) < 4.78 is 2.41. The van der Waals surface area contributed by atoms with E-state index in [1.54, 1.807) is 0 Å². The number of pyridine rings is 1. The van der Waals surface area contributed by atoms with Gasteiger partial charge in [-0.25, -0.2) is 0 Å². The summed E-state index contributed by atoms with van der Waals surface area (Å²) in [7, 11) is 0. The van der Waals surface area contributed by atoms with Crippen molar-refractivity contribution in [1.82, 2.24) is 0 Å². The molecule has 0 radical (unpaired) electrons. The molecule has 0 unspecified atom stereocenters. The van der Waals surface area contributed by atoms with E-state index in [-0.39, 0.29) is 0 Å². The van der Waals surface area contributed by atoms with E-state index in [2.05, 4.69) is 66.2 Å². The van der Waals surface area contributed by atoms with E-state index < -0.39 is 0 Å². The van der Waals surface area contributed by atoms with Gasteiger partial charge < -0.3 is 0 Å². The number of benzene rings is 2. The molecule has 0 N–H and O–H groups in total. The lowest BCUT2D eigenvalue weighted by Crippen LogP contribution is -2.34. The largest absolute Gasteiger partial charge is 0.213 e. The molecule has 0 atom stereocenters. The smallest absolute Gasteiger partial charge is 0.198 e. The summed E-state index contributed by atoms with van der Waals surface area (Å²) in [6.07, 6.45) is 6.12. The number of aryl methyl sites for hydroxylation is 1. The minimum Gasteiger partial charge on any atom is -0.198 e. The second-order valence-corrected chi connectivity index (χ2v) is 5.13. The summed E-state index contributed by atoms with van der Waals surface area (Å²) >= 11 is 0. The van der Waals surface area contributed by atoms with Crippen LogP contribution in [0.1, 0.15) is 26.2 Å². The highest BCUT2D eigenvalue weighted by Crippen LogP contribution is 2.22. The van der Waals surface area contributed by atoms with Crippen LogP contribution in [0.25, 0.3) is 21.7 Å². The monoisotopic (exact) mass is 250 g/mol. The van der Waals surface area contributed by atoms with Crippen molar-refractivity contribution in [2.45, 2.75) is 32.7 Å². The van der Waals surface area contributed by atoms with Crippen molar-refractivity contribution in [3.05, 3.63) is 54.7 Å². The molecule has 1 heterocycles. The van der Waals surface area contributed by atoms with Crippen molar-refractivity contribution in [2.75, 3.05) is 0 Å². The number of hydrogen-bond acceptors (Lipinski definition) is 0. The number of nitrogens with zero attached hydrogens (tertiary/aromatic N) is 1. The minimum absolute atomic E-state index is 1.11. The van der Waals surface area contributed by atoms with E-state index in [4.69, 9.17) is 0 Å². The first-order valence-electron chi connectivity index (χ1n) is 7.20. The summed E-state index contributed by atoms with van der Waals surface area (Å²) in [5, 5.41) is 4.04. The van der Waals surface area contributed by atoms with Crippen LogP contribution in [0.5, 0.6) is 0 Å². The van der Waals surface area contributed by atoms with Crippen LogP contribution in [-0.4, -0.2) is 0 Å². The zero-order chi connectivity index (χ0) is 13.1. The number of unbranched alkanes of at least 4 members (excludes halogenated alkanes) is 2. The molecule has 0 aliphatic carbocycles. The van der Waals surface area contributed by atoms with E-state index in [0.29, 0.717) is 0 Å². The molecule has 19 heavy (non-hydrogen) atoms. The molecule has 0 aliphatic heterocycles. The number of aromatic nitrogens is 1. The first kappa shape index (κ1) is 12.2. The molecule has 96 valence electrons. The topological polar surface area (TPSA) is 3.88 Å². The highest BCUT2D eigenvalue weighted by Gasteiger charge is 2.11. The van der Waals surface area contributed by atoms with Gasteiger partial charge >= 0.3 is 0 Å². The zero-order valence-corrected chi connectivity index (χ0v) is 11.5. The molecule has 0 bridgehead atoms. The van der Waals surface area contributed by atoms with Gasteiger partial charge in [0.2, 0.25) is 5.52 Å². The van der Waals surface area contributed by atoms with Crippen molar-refractivity contribution in [3.63, 3.8) is 0 Å². The van der Waals surface area contributed by atoms with Gasteiger partial charge in [-0.05, 0) is 18.6 Å². The molecule has 1 aromatic heterocycles. The quantitative estimate of drug-likeness (QED) is 0.365. The molecule has 3 rings (SSSR count). The Morgan fingerprint density at radius 3 is 2.42 bits per heavy atom. The molecule has 0 amide bonds. The molecule has 0 spiro atoms. The summed E-state index contributed by atoms with van der Waals surface area (Å²) in [6, 6.07) is 17.4. The Morgan fingerprint density at radius 2 is 1.58 bits per heavy atom. The van der Waals surface area contributed by atoms with Crippen molar-refractivity contribution in [3.8, 4) is 0 Å². The number of hydrogen-bond donors (Lipinski definition) is 0. The Kier molecular flexibility index (Phi) is 3.45. The van der Waals surface area contributed by atoms with Gasteiger partial charge in [0.15, 0.2) is 6.20 Å². The maximum atomic E-state index is 2.41. The lowest BCUT2D eigenvalue weighted by atomic mass is 10.1. The van der Waals surface area contributed by atoms with Crippen LogP contribution >= 0.6 is 0 Å². The molecule has 3 aromatic rings. The molecular weight excluding hydrogens is 230 g/mol. The Labute approximate surface area is 114 Å². The Morgan fingerprint density at radius 1 is 0.842 bits per heavy atom. The fraction of sp³-hybridized carbons (Fsp3) is 0.278. The fourth-order valence-corrected chi connectivity index (χ4v) is 2.76. The third-order valence-corrected chi connectivity index (χ3v) is 3.76. The Bertz CT molecular complexity index is 700. The maximum Gasteiger partial charge on any atom is 0.213 e. The number of fused-ring (bicyclic) bond motifs is 3. The molecule has 2 aromatic carbocycles. The maximum absolute atomic E-state index is 2.41. The van der Waals surface area contributed by atoms with Gasteiger partial charge in [-0.2, -0.15) is 4.57 Å². The van der Waals surface area contributed by atoms with Crippen LogP contribution in [0.3, 0.4) is 0 Å². The molecule has 0 saturated carbocycles. The summed E-state index contributed by atoms with van der Waals surface area (Å²) in [4.78, 5) is 0. The van der Waals surface area contributed by atoms with Gasteiger partial charge in [0.25, 0.3) is 0 Å². The standard InChI is InChI=1S/C18H20N/c1-2-3-8-13-19-14-15-9-4-5-10-16(15)17-11-6-7-12-18(17)19/h4-7,9-12,14H,2-3,8,13H2,1H3/q+1. The lowest BCUT2D eigenvalue weighted by molar-refractivity contribution is -0.670. The minimum atomic E-state index is 1.11. The van der Waals surface area contributed by atoms with Crippen LogP contribution in [0.15, 0.2) is 54.7 Å². The predicted octanol–water partition coefficient (Wildman–Crippen LogP) is 4.47. The van der Waals surface area contributed by atoms with Crippen molar-refractivity contribution >= 4 is 21.7 Å². The number of rotatable bonds is 4. The number of para-hydroxylation sites is 1. The second kappa shape index (κ2) is 5.40. The van der Waals surface area contributed by atoms with E-state index >= 15 is 0 Å². The van der Waals surface area contributed by atoms with Crippen LogP contribution in [0.4, 0.5) is 0 Å². The SMILES string of the molecule is CCCCC[n+]1cc2ccccc2c2ccccc21. The average molecular weight is 250 g/mol. The second-order valence-electron chi connectivity index (χ2n) is 5.13. The highest BCUT2D eigenvalue weighted by molar-refractivity contribution is 6.03. The summed E-state index contributed by atoms with van der Waals surface area (Å²) in [5.41, 5.74) is 1.34. The summed E-state index contributed by atoms with van der Waals surface area (Å²) in [6.45, 7) is 3.36. The first-order chi connectivity index (χ1) is 9.40. The van der Waals surface area contributed by atoms with E-state index in [0.717, 1.165) is 6.54 Å². The van der Waals surface area contributed by atoms with E-state index in [1.165, 1.54) is 40.9 Å². The van der Waals surface area contributed by atoms with Gasteiger partial charge in [-0.1, -0.05) is 43.7 Å². The zero-order valence-electron chi connectivity index (χ0n) is 11.5. The molecule has 0 fully saturated rings. The third kappa shape index (κ3) is 2.33. The van der Waals surface area contributed by atoms with Crippen molar-refractivity contribution in [1.29, 1.82) is 0 Å². The van der Waals surface area contributed by atoms with Crippen LogP contribution in [0.2, 0.25) is 0 Å². The molecule has 1 heteroatoms. The van der Waals surface area contributed by atoms with Gasteiger partial charge in [0.05, 0.1) is 5.39 Å². The first-order valence-corrected chi connectivity index (χ1v) is 7.20. The normalized spacial score (nSPS) is 11.2. The van der Waals surface area contributed by atoms with Gasteiger partial charge in [-0.3, -0.25) is 0 Å². The van der Waals surface area contributed by atoms with E-state index in [1.807, 2.05) is 0 Å². The van der Waals surface area contributed by atoms with Crippen LogP contribution < -0.4 is 4.57 Å². The Hall–Kier alpha value is -1.89. The van der Waals surface area contributed by atoms with Gasteiger partial charge in [0, 0.05) is 23.3 Å². The van der Waals surface area contributed by atoms with Gasteiger partial charge in [0.1, 0.15) is 6.54 Å². The third-order valence-electron chi connectivity index (χ3n) is 3.76.